The molecule has 0 saturated heterocycles. The second kappa shape index (κ2) is 6.84. The van der Waals surface area contributed by atoms with Crippen LogP contribution in [0.2, 0.25) is 0 Å². The van der Waals surface area contributed by atoms with E-state index in [2.05, 4.69) is 19.1 Å². The van der Waals surface area contributed by atoms with Gasteiger partial charge in [0.1, 0.15) is 5.75 Å². The summed E-state index contributed by atoms with van der Waals surface area (Å²) in [4.78, 5) is 0. The summed E-state index contributed by atoms with van der Waals surface area (Å²) in [6.45, 7) is 2.24. The molecule has 2 bridgehead atoms. The molecule has 3 aliphatic carbocycles. The van der Waals surface area contributed by atoms with Crippen LogP contribution in [-0.4, -0.2) is 16.3 Å². The summed E-state index contributed by atoms with van der Waals surface area (Å²) in [5.41, 5.74) is 1.89. The maximum absolute atomic E-state index is 10.8. The molecule has 1 aromatic carbocycles. The van der Waals surface area contributed by atoms with Crippen molar-refractivity contribution in [3.05, 3.63) is 29.8 Å². The Balaban J connectivity index is 1.61. The van der Waals surface area contributed by atoms with Crippen molar-refractivity contribution < 1.29 is 10.2 Å². The maximum atomic E-state index is 10.8. The van der Waals surface area contributed by atoms with Gasteiger partial charge in [-0.15, -0.1) is 0 Å². The molecule has 0 aliphatic heterocycles. The number of hydrogen-bond acceptors (Lipinski definition) is 2. The van der Waals surface area contributed by atoms with Crippen molar-refractivity contribution in [2.24, 2.45) is 5.41 Å². The standard InChI is InChI=1S/C21H32O2/c1-2-3-4-5-6-19(23)21-14-11-20(12-15-21,13-16-21)17-7-9-18(22)10-8-17/h7-10,19,22-23H,2-6,11-16H2,1H3/t19-,20?,21?/m1/s1. The zero-order chi connectivity index (χ0) is 16.3. The number of aliphatic hydroxyl groups is 1. The fourth-order valence-corrected chi connectivity index (χ4v) is 5.03. The Morgan fingerprint density at radius 1 is 0.913 bits per heavy atom. The number of aliphatic hydroxyl groups excluding tert-OH is 1. The third-order valence-corrected chi connectivity index (χ3v) is 6.82. The van der Waals surface area contributed by atoms with Gasteiger partial charge in [0.25, 0.3) is 0 Å². The molecule has 3 aliphatic rings. The molecule has 0 aromatic heterocycles. The van der Waals surface area contributed by atoms with Gasteiger partial charge in [-0.1, -0.05) is 44.7 Å². The molecule has 0 unspecified atom stereocenters. The Bertz CT molecular complexity index is 481. The molecular formula is C21H32O2. The Hall–Kier alpha value is -1.02. The molecule has 2 N–H and O–H groups in total. The summed E-state index contributed by atoms with van der Waals surface area (Å²) in [5, 5.41) is 20.3. The predicted molar refractivity (Wildman–Crippen MR) is 94.7 cm³/mol. The normalized spacial score (nSPS) is 31.2. The Morgan fingerprint density at radius 2 is 1.52 bits per heavy atom. The van der Waals surface area contributed by atoms with Gasteiger partial charge >= 0.3 is 0 Å². The highest BCUT2D eigenvalue weighted by Gasteiger charge is 2.51. The third-order valence-electron chi connectivity index (χ3n) is 6.82. The van der Waals surface area contributed by atoms with Crippen LogP contribution >= 0.6 is 0 Å². The molecule has 128 valence electrons. The van der Waals surface area contributed by atoms with Gasteiger partial charge in [0.15, 0.2) is 0 Å². The minimum atomic E-state index is -0.0996. The monoisotopic (exact) mass is 316 g/mol. The van der Waals surface area contributed by atoms with E-state index in [0.29, 0.717) is 11.2 Å². The number of aromatic hydroxyl groups is 1. The van der Waals surface area contributed by atoms with Crippen LogP contribution in [0.5, 0.6) is 5.75 Å². The molecule has 1 atom stereocenters. The van der Waals surface area contributed by atoms with Gasteiger partial charge in [-0.25, -0.2) is 0 Å². The van der Waals surface area contributed by atoms with Crippen LogP contribution in [0.1, 0.15) is 83.1 Å². The molecule has 3 fully saturated rings. The molecule has 1 aromatic rings. The summed E-state index contributed by atoms with van der Waals surface area (Å²) in [6, 6.07) is 7.86. The van der Waals surface area contributed by atoms with Gasteiger partial charge in [0.05, 0.1) is 6.10 Å². The summed E-state index contributed by atoms with van der Waals surface area (Å²) < 4.78 is 0. The van der Waals surface area contributed by atoms with Crippen molar-refractivity contribution in [3.8, 4) is 5.75 Å². The Labute approximate surface area is 140 Å². The number of phenols is 1. The first-order valence-electron chi connectivity index (χ1n) is 9.58. The van der Waals surface area contributed by atoms with E-state index in [4.69, 9.17) is 0 Å². The highest BCUT2D eigenvalue weighted by molar-refractivity contribution is 5.33. The largest absolute Gasteiger partial charge is 0.508 e. The molecule has 0 amide bonds. The van der Waals surface area contributed by atoms with Crippen LogP contribution in [0.15, 0.2) is 24.3 Å². The van der Waals surface area contributed by atoms with Gasteiger partial charge in [0.2, 0.25) is 0 Å². The van der Waals surface area contributed by atoms with Crippen molar-refractivity contribution >= 4 is 0 Å². The second-order valence-corrected chi connectivity index (χ2v) is 8.05. The Morgan fingerprint density at radius 3 is 2.09 bits per heavy atom. The third kappa shape index (κ3) is 3.28. The first-order chi connectivity index (χ1) is 11.1. The fraction of sp³-hybridized carbons (Fsp3) is 0.714. The van der Waals surface area contributed by atoms with Crippen LogP contribution in [0.3, 0.4) is 0 Å². The fourth-order valence-electron chi connectivity index (χ4n) is 5.03. The number of benzene rings is 1. The molecule has 0 radical (unpaired) electrons. The first kappa shape index (κ1) is 16.8. The van der Waals surface area contributed by atoms with E-state index in [0.717, 1.165) is 6.42 Å². The molecule has 3 saturated carbocycles. The Kier molecular flexibility index (Phi) is 5.01. The van der Waals surface area contributed by atoms with Gasteiger partial charge in [-0.3, -0.25) is 0 Å². The lowest BCUT2D eigenvalue weighted by molar-refractivity contribution is -0.0682. The summed E-state index contributed by atoms with van der Waals surface area (Å²) >= 11 is 0. The maximum Gasteiger partial charge on any atom is 0.115 e. The molecule has 2 nitrogen and oxygen atoms in total. The quantitative estimate of drug-likeness (QED) is 0.669. The number of phenolic OH excluding ortho intramolecular Hbond substituents is 1. The average molecular weight is 316 g/mol. The highest BCUT2D eigenvalue weighted by Crippen LogP contribution is 2.59. The van der Waals surface area contributed by atoms with Crippen LogP contribution in [-0.2, 0) is 5.41 Å². The van der Waals surface area contributed by atoms with Crippen molar-refractivity contribution in [1.29, 1.82) is 0 Å². The first-order valence-corrected chi connectivity index (χ1v) is 9.58. The van der Waals surface area contributed by atoms with E-state index in [-0.39, 0.29) is 11.5 Å². The molecule has 4 rings (SSSR count). The molecule has 0 spiro atoms. The zero-order valence-electron chi connectivity index (χ0n) is 14.6. The highest BCUT2D eigenvalue weighted by atomic mass is 16.3. The van der Waals surface area contributed by atoms with Crippen molar-refractivity contribution in [3.63, 3.8) is 0 Å². The second-order valence-electron chi connectivity index (χ2n) is 8.05. The number of rotatable bonds is 7. The SMILES string of the molecule is CCCCCC[C@@H](O)C12CCC(c3ccc(O)cc3)(CC1)CC2. The lowest BCUT2D eigenvalue weighted by atomic mass is 9.50. The lowest BCUT2D eigenvalue weighted by Gasteiger charge is -2.55. The number of fused-ring (bicyclic) bond motifs is 3. The molecular weight excluding hydrogens is 284 g/mol. The van der Waals surface area contributed by atoms with Gasteiger partial charge < -0.3 is 10.2 Å². The summed E-state index contributed by atoms with van der Waals surface area (Å²) in [5.74, 6) is 0.355. The van der Waals surface area contributed by atoms with E-state index < -0.39 is 0 Å². The van der Waals surface area contributed by atoms with E-state index in [9.17, 15) is 10.2 Å². The number of hydrogen-bond donors (Lipinski definition) is 2. The van der Waals surface area contributed by atoms with E-state index in [1.807, 2.05) is 12.1 Å². The van der Waals surface area contributed by atoms with Crippen LogP contribution in [0.4, 0.5) is 0 Å². The molecule has 0 heterocycles. The summed E-state index contributed by atoms with van der Waals surface area (Å²) in [7, 11) is 0. The molecule has 2 heteroatoms. The topological polar surface area (TPSA) is 40.5 Å². The van der Waals surface area contributed by atoms with Crippen molar-refractivity contribution in [2.75, 3.05) is 0 Å². The lowest BCUT2D eigenvalue weighted by Crippen LogP contribution is -2.49. The van der Waals surface area contributed by atoms with Gasteiger partial charge in [-0.2, -0.15) is 0 Å². The minimum Gasteiger partial charge on any atom is -0.508 e. The number of unbranched alkanes of at least 4 members (excludes halogenated alkanes) is 3. The van der Waals surface area contributed by atoms with Gasteiger partial charge in [0, 0.05) is 0 Å². The zero-order valence-corrected chi connectivity index (χ0v) is 14.6. The molecule has 23 heavy (non-hydrogen) atoms. The van der Waals surface area contributed by atoms with Gasteiger partial charge in [-0.05, 0) is 73.5 Å². The average Bonchev–Trinajstić information content (AvgIpc) is 2.60. The van der Waals surface area contributed by atoms with Crippen molar-refractivity contribution in [2.45, 2.75) is 89.1 Å². The van der Waals surface area contributed by atoms with Crippen LogP contribution in [0.25, 0.3) is 0 Å². The van der Waals surface area contributed by atoms with Crippen molar-refractivity contribution in [1.82, 2.24) is 0 Å². The van der Waals surface area contributed by atoms with Crippen LogP contribution < -0.4 is 0 Å². The predicted octanol–water partition coefficient (Wildman–Crippen LogP) is 5.32. The van der Waals surface area contributed by atoms with E-state index in [1.54, 1.807) is 0 Å². The summed E-state index contributed by atoms with van der Waals surface area (Å²) in [6.07, 6.45) is 13.0. The van der Waals surface area contributed by atoms with Crippen LogP contribution in [0, 0.1) is 5.41 Å². The smallest absolute Gasteiger partial charge is 0.115 e. The minimum absolute atomic E-state index is 0.0996. The van der Waals surface area contributed by atoms with E-state index in [1.165, 1.54) is 69.8 Å². The van der Waals surface area contributed by atoms with E-state index >= 15 is 0 Å².